The van der Waals surface area contributed by atoms with Gasteiger partial charge in [-0.3, -0.25) is 24.7 Å². The number of anilines is 1. The van der Waals surface area contributed by atoms with Gasteiger partial charge in [-0.05, 0) is 36.4 Å². The average Bonchev–Trinajstić information content (AvgIpc) is 2.78. The molecule has 0 aliphatic carbocycles. The monoisotopic (exact) mass is 399 g/mol. The molecule has 1 aromatic carbocycles. The van der Waals surface area contributed by atoms with E-state index in [9.17, 15) is 9.59 Å². The molecule has 2 amide bonds. The van der Waals surface area contributed by atoms with Gasteiger partial charge in [0.1, 0.15) is 12.4 Å². The number of nitrogens with one attached hydrogen (secondary N) is 2. The maximum atomic E-state index is 12.1. The molecule has 1 fully saturated rings. The summed E-state index contributed by atoms with van der Waals surface area (Å²) in [5.74, 6) is -0.0210. The summed E-state index contributed by atoms with van der Waals surface area (Å²) < 4.78 is 5.54. The predicted octanol–water partition coefficient (Wildman–Crippen LogP) is 0.518. The minimum Gasteiger partial charge on any atom is -0.492 e. The highest BCUT2D eigenvalue weighted by atomic mass is 16.5. The lowest BCUT2D eigenvalue weighted by atomic mass is 10.2. The van der Waals surface area contributed by atoms with Gasteiger partial charge >= 0.3 is 0 Å². The molecule has 2 heterocycles. The van der Waals surface area contributed by atoms with Gasteiger partial charge < -0.3 is 15.0 Å². The number of nitrogens with zero attached hydrogens (tertiary/aromatic N) is 3. The lowest BCUT2D eigenvalue weighted by Gasteiger charge is -2.35. The minimum absolute atomic E-state index is 0.0269. The quantitative estimate of drug-likeness (QED) is 0.337. The van der Waals surface area contributed by atoms with Crippen molar-refractivity contribution in [1.29, 1.82) is 0 Å². The van der Waals surface area contributed by atoms with Crippen molar-refractivity contribution in [2.45, 2.75) is 0 Å². The van der Waals surface area contributed by atoms with Crippen LogP contribution in [0.3, 0.4) is 0 Å². The van der Waals surface area contributed by atoms with Crippen LogP contribution in [0.1, 0.15) is 10.4 Å². The summed E-state index contributed by atoms with van der Waals surface area (Å²) >= 11 is 0. The van der Waals surface area contributed by atoms with Crippen LogP contribution in [-0.4, -0.2) is 72.8 Å². The summed E-state index contributed by atoms with van der Waals surface area (Å²) in [6.45, 7) is 4.52. The average molecular weight is 399 g/mol. The Hall–Kier alpha value is -3.17. The van der Waals surface area contributed by atoms with E-state index in [1.807, 2.05) is 12.1 Å². The number of rotatable bonds is 8. The number of amides is 2. The van der Waals surface area contributed by atoms with Gasteiger partial charge in [-0.25, -0.2) is 5.48 Å². The third-order valence-electron chi connectivity index (χ3n) is 4.68. The maximum absolute atomic E-state index is 12.1. The zero-order valence-electron chi connectivity index (χ0n) is 16.1. The van der Waals surface area contributed by atoms with Gasteiger partial charge in [-0.2, -0.15) is 0 Å². The van der Waals surface area contributed by atoms with E-state index >= 15 is 0 Å². The SMILES string of the molecule is O=C(CN1CCN(c2ccncc2)CC1)NCCOc1ccc(C(=O)NO)cc1. The number of pyridine rings is 1. The molecule has 9 nitrogen and oxygen atoms in total. The smallest absolute Gasteiger partial charge is 0.274 e. The zero-order valence-corrected chi connectivity index (χ0v) is 16.1. The lowest BCUT2D eigenvalue weighted by Crippen LogP contribution is -2.49. The van der Waals surface area contributed by atoms with Crippen LogP contribution in [0.5, 0.6) is 5.75 Å². The van der Waals surface area contributed by atoms with Crippen LogP contribution in [-0.2, 0) is 4.79 Å². The van der Waals surface area contributed by atoms with Crippen molar-refractivity contribution in [3.8, 4) is 5.75 Å². The van der Waals surface area contributed by atoms with Crippen LogP contribution in [0.2, 0.25) is 0 Å². The van der Waals surface area contributed by atoms with E-state index in [1.165, 1.54) is 0 Å². The molecule has 0 bridgehead atoms. The van der Waals surface area contributed by atoms with Crippen molar-refractivity contribution in [3.05, 3.63) is 54.4 Å². The molecule has 0 atom stereocenters. The first-order chi connectivity index (χ1) is 14.2. The normalized spacial score (nSPS) is 14.3. The fourth-order valence-electron chi connectivity index (χ4n) is 3.10. The van der Waals surface area contributed by atoms with E-state index in [1.54, 1.807) is 42.1 Å². The number of piperazine rings is 1. The van der Waals surface area contributed by atoms with Gasteiger partial charge in [0.25, 0.3) is 5.91 Å². The third kappa shape index (κ3) is 6.16. The Morgan fingerprint density at radius 1 is 1.03 bits per heavy atom. The molecule has 2 aromatic rings. The fraction of sp³-hybridized carbons (Fsp3) is 0.350. The van der Waals surface area contributed by atoms with Crippen LogP contribution in [0.4, 0.5) is 5.69 Å². The number of carbonyl (C=O) groups excluding carboxylic acids is 2. The Kier molecular flexibility index (Phi) is 7.37. The largest absolute Gasteiger partial charge is 0.492 e. The molecule has 0 unspecified atom stereocenters. The highest BCUT2D eigenvalue weighted by Crippen LogP contribution is 2.14. The Morgan fingerprint density at radius 2 is 1.72 bits per heavy atom. The lowest BCUT2D eigenvalue weighted by molar-refractivity contribution is -0.122. The summed E-state index contributed by atoms with van der Waals surface area (Å²) in [5.41, 5.74) is 3.06. The summed E-state index contributed by atoms with van der Waals surface area (Å²) in [7, 11) is 0. The van der Waals surface area contributed by atoms with Crippen LogP contribution < -0.4 is 20.4 Å². The first kappa shape index (κ1) is 20.6. The standard InChI is InChI=1S/C20H25N5O4/c26-19(15-24-10-12-25(13-11-24)17-5-7-21-8-6-17)22-9-14-29-18-3-1-16(2-4-18)20(27)23-28/h1-8,28H,9-15H2,(H,22,26)(H,23,27). The van der Waals surface area contributed by atoms with Gasteiger partial charge in [0, 0.05) is 49.8 Å². The van der Waals surface area contributed by atoms with Gasteiger partial charge in [0.15, 0.2) is 0 Å². The number of hydroxylamine groups is 1. The second kappa shape index (κ2) is 10.4. The zero-order chi connectivity index (χ0) is 20.5. The van der Waals surface area contributed by atoms with Crippen molar-refractivity contribution < 1.29 is 19.5 Å². The van der Waals surface area contributed by atoms with Gasteiger partial charge in [-0.1, -0.05) is 0 Å². The summed E-state index contributed by atoms with van der Waals surface area (Å²) in [5, 5.41) is 11.4. The van der Waals surface area contributed by atoms with Crippen molar-refractivity contribution in [1.82, 2.24) is 20.7 Å². The van der Waals surface area contributed by atoms with Crippen molar-refractivity contribution in [2.75, 3.05) is 50.8 Å². The molecule has 29 heavy (non-hydrogen) atoms. The first-order valence-corrected chi connectivity index (χ1v) is 9.47. The topological polar surface area (TPSA) is 107 Å². The third-order valence-corrected chi connectivity index (χ3v) is 4.68. The summed E-state index contributed by atoms with van der Waals surface area (Å²) in [4.78, 5) is 31.9. The molecule has 1 aliphatic rings. The van der Waals surface area contributed by atoms with Gasteiger partial charge in [0.2, 0.25) is 5.91 Å². The highest BCUT2D eigenvalue weighted by Gasteiger charge is 2.19. The number of hydrogen-bond acceptors (Lipinski definition) is 7. The second-order valence-corrected chi connectivity index (χ2v) is 6.63. The molecule has 3 N–H and O–H groups in total. The van der Waals surface area contributed by atoms with Crippen LogP contribution in [0.15, 0.2) is 48.8 Å². The van der Waals surface area contributed by atoms with E-state index in [-0.39, 0.29) is 5.91 Å². The second-order valence-electron chi connectivity index (χ2n) is 6.63. The van der Waals surface area contributed by atoms with E-state index in [0.29, 0.717) is 31.0 Å². The maximum Gasteiger partial charge on any atom is 0.274 e. The molecule has 0 radical (unpaired) electrons. The van der Waals surface area contributed by atoms with Crippen molar-refractivity contribution in [2.24, 2.45) is 0 Å². The van der Waals surface area contributed by atoms with E-state index in [4.69, 9.17) is 9.94 Å². The number of ether oxygens (including phenoxy) is 1. The number of benzene rings is 1. The first-order valence-electron chi connectivity index (χ1n) is 9.47. The van der Waals surface area contributed by atoms with Crippen LogP contribution >= 0.6 is 0 Å². The number of hydrogen-bond donors (Lipinski definition) is 3. The van der Waals surface area contributed by atoms with E-state index < -0.39 is 5.91 Å². The molecule has 154 valence electrons. The van der Waals surface area contributed by atoms with Crippen molar-refractivity contribution >= 4 is 17.5 Å². The fourth-order valence-corrected chi connectivity index (χ4v) is 3.10. The Bertz CT molecular complexity index is 792. The molecule has 1 saturated heterocycles. The highest BCUT2D eigenvalue weighted by molar-refractivity contribution is 5.93. The predicted molar refractivity (Wildman–Crippen MR) is 107 cm³/mol. The molecule has 9 heteroatoms. The summed E-state index contributed by atoms with van der Waals surface area (Å²) in [6, 6.07) is 10.4. The van der Waals surface area contributed by atoms with Crippen LogP contribution in [0.25, 0.3) is 0 Å². The molecule has 1 aliphatic heterocycles. The van der Waals surface area contributed by atoms with Crippen molar-refractivity contribution in [3.63, 3.8) is 0 Å². The number of carbonyl (C=O) groups is 2. The minimum atomic E-state index is -0.578. The molecular formula is C20H25N5O4. The number of aromatic nitrogens is 1. The Morgan fingerprint density at radius 3 is 2.38 bits per heavy atom. The van der Waals surface area contributed by atoms with E-state index in [0.717, 1.165) is 31.9 Å². The Labute approximate surface area is 169 Å². The molecular weight excluding hydrogens is 374 g/mol. The summed E-state index contributed by atoms with van der Waals surface area (Å²) in [6.07, 6.45) is 3.58. The van der Waals surface area contributed by atoms with Gasteiger partial charge in [-0.15, -0.1) is 0 Å². The molecule has 0 spiro atoms. The molecule has 0 saturated carbocycles. The Balaban J connectivity index is 1.31. The van der Waals surface area contributed by atoms with E-state index in [2.05, 4.69) is 20.1 Å². The molecule has 3 rings (SSSR count). The van der Waals surface area contributed by atoms with Gasteiger partial charge in [0.05, 0.1) is 13.1 Å². The molecule has 1 aromatic heterocycles. The van der Waals surface area contributed by atoms with Crippen LogP contribution in [0, 0.1) is 0 Å².